The van der Waals surface area contributed by atoms with Crippen LogP contribution in [0.4, 0.5) is 0 Å². The lowest BCUT2D eigenvalue weighted by molar-refractivity contribution is -0.139. The number of phenolic OH excluding ortho intramolecular Hbond substituents is 1. The zero-order chi connectivity index (χ0) is 33.2. The lowest BCUT2D eigenvalue weighted by Crippen LogP contribution is -2.42. The molecule has 48 heavy (non-hydrogen) atoms. The molecule has 0 bridgehead atoms. The van der Waals surface area contributed by atoms with Crippen LogP contribution >= 0.6 is 0 Å². The fraction of sp³-hybridized carbons (Fsp3) is 0.342. The summed E-state index contributed by atoms with van der Waals surface area (Å²) in [4.78, 5) is 44.9. The van der Waals surface area contributed by atoms with Crippen LogP contribution in [0.5, 0.6) is 5.75 Å². The van der Waals surface area contributed by atoms with Crippen molar-refractivity contribution in [2.45, 2.75) is 57.0 Å². The third kappa shape index (κ3) is 6.27. The molecule has 0 unspecified atom stereocenters. The molecule has 7 rings (SSSR count). The molecule has 0 radical (unpaired) electrons. The number of carboxylic acid groups (broad SMARTS) is 1. The zero-order valence-corrected chi connectivity index (χ0v) is 26.8. The van der Waals surface area contributed by atoms with Gasteiger partial charge in [0, 0.05) is 47.6 Å². The maximum absolute atomic E-state index is 13.8. The summed E-state index contributed by atoms with van der Waals surface area (Å²) >= 11 is 0. The van der Waals surface area contributed by atoms with Gasteiger partial charge < -0.3 is 34.7 Å². The lowest BCUT2D eigenvalue weighted by Gasteiger charge is -2.28. The quantitative estimate of drug-likeness (QED) is 0.159. The molecule has 0 spiro atoms. The highest BCUT2D eigenvalue weighted by Gasteiger charge is 2.30. The minimum absolute atomic E-state index is 0.00635. The number of carbonyl (C=O) groups is 3. The van der Waals surface area contributed by atoms with Gasteiger partial charge in [0.05, 0.1) is 24.4 Å². The predicted molar refractivity (Wildman–Crippen MR) is 183 cm³/mol. The maximum atomic E-state index is 13.8. The fourth-order valence-electron chi connectivity index (χ4n) is 7.44. The topological polar surface area (TPSA) is 137 Å². The molecule has 248 valence electrons. The molecule has 10 heteroatoms. The first-order chi connectivity index (χ1) is 23.4. The van der Waals surface area contributed by atoms with E-state index < -0.39 is 17.9 Å². The fourth-order valence-corrected chi connectivity index (χ4v) is 7.44. The number of ether oxygens (including phenoxy) is 1. The second kappa shape index (κ2) is 13.6. The minimum atomic E-state index is -1.21. The molecule has 2 aliphatic rings. The molecule has 2 fully saturated rings. The van der Waals surface area contributed by atoms with E-state index in [1.165, 1.54) is 12.0 Å². The number of carbonyl (C=O) groups excluding carboxylic acids is 2. The van der Waals surface area contributed by atoms with Gasteiger partial charge in [0.15, 0.2) is 0 Å². The number of rotatable bonds is 9. The number of aromatic amines is 1. The second-order valence-electron chi connectivity index (χ2n) is 12.9. The van der Waals surface area contributed by atoms with E-state index in [4.69, 9.17) is 4.74 Å². The van der Waals surface area contributed by atoms with Crippen molar-refractivity contribution >= 4 is 39.6 Å². The second-order valence-corrected chi connectivity index (χ2v) is 12.9. The third-order valence-corrected chi connectivity index (χ3v) is 9.86. The molecule has 1 saturated heterocycles. The Morgan fingerprint density at radius 2 is 1.71 bits per heavy atom. The van der Waals surface area contributed by atoms with E-state index in [1.807, 2.05) is 29.2 Å². The molecule has 1 aliphatic carbocycles. The van der Waals surface area contributed by atoms with Crippen molar-refractivity contribution in [1.82, 2.24) is 19.8 Å². The number of aromatic nitrogens is 2. The summed E-state index contributed by atoms with van der Waals surface area (Å²) in [5.41, 5.74) is 5.76. The number of aliphatic carboxylic acids is 1. The number of carboxylic acids is 1. The van der Waals surface area contributed by atoms with Crippen molar-refractivity contribution in [1.29, 1.82) is 0 Å². The first-order valence-corrected chi connectivity index (χ1v) is 16.8. The van der Waals surface area contributed by atoms with Crippen molar-refractivity contribution in [3.8, 4) is 17.0 Å². The summed E-state index contributed by atoms with van der Waals surface area (Å²) in [6.07, 6.45) is 7.35. The first kappa shape index (κ1) is 31.5. The van der Waals surface area contributed by atoms with Crippen LogP contribution in [0.2, 0.25) is 0 Å². The number of nitrogens with one attached hydrogen (secondary N) is 2. The molecule has 3 aromatic carbocycles. The van der Waals surface area contributed by atoms with E-state index in [9.17, 15) is 24.6 Å². The molecule has 1 atom stereocenters. The van der Waals surface area contributed by atoms with E-state index >= 15 is 0 Å². The third-order valence-electron chi connectivity index (χ3n) is 9.86. The Labute approximate surface area is 278 Å². The molecular formula is C38H40N4O6. The number of hydrogen-bond acceptors (Lipinski definition) is 5. The van der Waals surface area contributed by atoms with Gasteiger partial charge in [0.25, 0.3) is 5.91 Å². The summed E-state index contributed by atoms with van der Waals surface area (Å²) in [6.45, 7) is 2.20. The maximum Gasteiger partial charge on any atom is 0.326 e. The van der Waals surface area contributed by atoms with Gasteiger partial charge in [-0.25, -0.2) is 4.79 Å². The van der Waals surface area contributed by atoms with Gasteiger partial charge in [0.1, 0.15) is 18.3 Å². The highest BCUT2D eigenvalue weighted by molar-refractivity contribution is 6.02. The Hall–Kier alpha value is -5.09. The van der Waals surface area contributed by atoms with Gasteiger partial charge in [-0.3, -0.25) is 9.59 Å². The molecule has 2 amide bonds. The van der Waals surface area contributed by atoms with Crippen molar-refractivity contribution in [3.63, 3.8) is 0 Å². The average molecular weight is 649 g/mol. The molecule has 3 heterocycles. The number of nitrogens with zero attached hydrogens (tertiary/aromatic N) is 2. The monoisotopic (exact) mass is 648 g/mol. The van der Waals surface area contributed by atoms with Gasteiger partial charge >= 0.3 is 5.97 Å². The van der Waals surface area contributed by atoms with E-state index in [0.717, 1.165) is 53.4 Å². The van der Waals surface area contributed by atoms with Gasteiger partial charge in [0.2, 0.25) is 5.91 Å². The van der Waals surface area contributed by atoms with Crippen molar-refractivity contribution in [3.05, 3.63) is 89.6 Å². The van der Waals surface area contributed by atoms with Crippen LogP contribution in [-0.4, -0.2) is 74.8 Å². The molecule has 10 nitrogen and oxygen atoms in total. The zero-order valence-electron chi connectivity index (χ0n) is 26.8. The number of phenols is 1. The van der Waals surface area contributed by atoms with E-state index in [-0.39, 0.29) is 24.6 Å². The van der Waals surface area contributed by atoms with Gasteiger partial charge in [-0.2, -0.15) is 0 Å². The normalized spacial score (nSPS) is 16.3. The molecular weight excluding hydrogens is 608 g/mol. The Morgan fingerprint density at radius 1 is 0.938 bits per heavy atom. The Bertz CT molecular complexity index is 1970. The van der Waals surface area contributed by atoms with E-state index in [1.54, 1.807) is 36.5 Å². The molecule has 4 N–H and O–H groups in total. The average Bonchev–Trinajstić information content (AvgIpc) is 3.66. The van der Waals surface area contributed by atoms with Crippen LogP contribution in [0, 0.1) is 0 Å². The summed E-state index contributed by atoms with van der Waals surface area (Å²) in [5.74, 6) is -1.29. The number of benzene rings is 3. The largest absolute Gasteiger partial charge is 0.508 e. The molecule has 1 aliphatic heterocycles. The summed E-state index contributed by atoms with van der Waals surface area (Å²) in [5, 5.41) is 24.6. The molecule has 2 aromatic heterocycles. The highest BCUT2D eigenvalue weighted by atomic mass is 16.5. The van der Waals surface area contributed by atoms with Crippen LogP contribution in [0.1, 0.15) is 59.5 Å². The standard InChI is InChI=1S/C38H40N4O6/c43-28-12-14-31-30(21-28)27(22-39-31)19-32(38(46)47)40-37(45)26-11-13-29-33(20-26)42(23-34(44)41-15-17-48-18-16-41)36(25-9-5-2-6-10-25)35(29)24-7-3-1-4-8-24/h2,5-6,9-14,20-22,24,32,39,43H,1,3-4,7-8,15-19,23H2,(H,40,45)(H,46,47)/t32-/m0/s1. The summed E-state index contributed by atoms with van der Waals surface area (Å²) in [7, 11) is 0. The van der Waals surface area contributed by atoms with Crippen LogP contribution in [0.25, 0.3) is 33.1 Å². The van der Waals surface area contributed by atoms with Crippen LogP contribution in [0.15, 0.2) is 72.9 Å². The SMILES string of the molecule is O=C(N[C@@H](Cc1c[nH]c2ccc(O)cc12)C(=O)O)c1ccc2c(C3CCCCC3)c(-c3ccccc3)n(CC(=O)N3CCOCC3)c2c1. The van der Waals surface area contributed by atoms with Crippen LogP contribution in [0.3, 0.4) is 0 Å². The lowest BCUT2D eigenvalue weighted by atomic mass is 9.82. The number of hydrogen-bond donors (Lipinski definition) is 4. The summed E-state index contributed by atoms with van der Waals surface area (Å²) in [6, 6.07) is 19.3. The number of aromatic hydroxyl groups is 1. The molecule has 1 saturated carbocycles. The van der Waals surface area contributed by atoms with Gasteiger partial charge in [-0.1, -0.05) is 55.7 Å². The Morgan fingerprint density at radius 3 is 2.46 bits per heavy atom. The minimum Gasteiger partial charge on any atom is -0.508 e. The number of morpholine rings is 1. The van der Waals surface area contributed by atoms with Crippen LogP contribution in [-0.2, 0) is 27.3 Å². The summed E-state index contributed by atoms with van der Waals surface area (Å²) < 4.78 is 7.56. The van der Waals surface area contributed by atoms with Crippen molar-refractivity contribution in [2.75, 3.05) is 26.3 Å². The van der Waals surface area contributed by atoms with Gasteiger partial charge in [-0.15, -0.1) is 0 Å². The Kier molecular flexibility index (Phi) is 8.90. The van der Waals surface area contributed by atoms with E-state index in [2.05, 4.69) is 27.0 Å². The number of H-pyrrole nitrogens is 1. The molecule has 5 aromatic rings. The highest BCUT2D eigenvalue weighted by Crippen LogP contribution is 2.44. The van der Waals surface area contributed by atoms with Crippen molar-refractivity contribution in [2.24, 2.45) is 0 Å². The smallest absolute Gasteiger partial charge is 0.326 e. The first-order valence-electron chi connectivity index (χ1n) is 16.8. The Balaban J connectivity index is 1.28. The van der Waals surface area contributed by atoms with E-state index in [0.29, 0.717) is 48.7 Å². The predicted octanol–water partition coefficient (Wildman–Crippen LogP) is 5.83. The number of fused-ring (bicyclic) bond motifs is 2. The number of amides is 2. The van der Waals surface area contributed by atoms with Gasteiger partial charge in [-0.05, 0) is 65.8 Å². The van der Waals surface area contributed by atoms with Crippen LogP contribution < -0.4 is 5.32 Å². The van der Waals surface area contributed by atoms with Crippen molar-refractivity contribution < 1.29 is 29.3 Å².